The van der Waals surface area contributed by atoms with Crippen LogP contribution in [0.25, 0.3) is 0 Å². The Kier molecular flexibility index (Phi) is 8.22. The minimum atomic E-state index is -6.49. The lowest BCUT2D eigenvalue weighted by Gasteiger charge is -2.43. The van der Waals surface area contributed by atoms with Crippen LogP contribution in [-0.2, 0) is 36.3 Å². The second kappa shape index (κ2) is 11.1. The van der Waals surface area contributed by atoms with Crippen molar-refractivity contribution in [1.29, 1.82) is 0 Å². The molecule has 3 aliphatic rings. The van der Waals surface area contributed by atoms with E-state index in [9.17, 15) is 62.6 Å². The quantitative estimate of drug-likeness (QED) is 0.447. The van der Waals surface area contributed by atoms with Crippen LogP contribution in [0.2, 0.25) is 0 Å². The number of aliphatic hydroxyl groups is 1. The number of hydrogen-bond acceptors (Lipinski definition) is 6. The number of aromatic nitrogens is 1. The van der Waals surface area contributed by atoms with E-state index in [2.05, 4.69) is 4.98 Å². The fourth-order valence-electron chi connectivity index (χ4n) is 6.91. The molecular formula is C29H28F9N3O5S. The number of alkyl halides is 8. The molecule has 2 saturated heterocycles. The van der Waals surface area contributed by atoms with Crippen molar-refractivity contribution in [2.24, 2.45) is 0 Å². The zero-order chi connectivity index (χ0) is 35.1. The first-order valence-electron chi connectivity index (χ1n) is 14.3. The van der Waals surface area contributed by atoms with E-state index in [1.54, 1.807) is 0 Å². The van der Waals surface area contributed by atoms with Crippen molar-refractivity contribution < 1.29 is 62.6 Å². The molecule has 8 nitrogen and oxygen atoms in total. The van der Waals surface area contributed by atoms with Crippen LogP contribution in [0.5, 0.6) is 0 Å². The molecule has 0 bridgehead atoms. The summed E-state index contributed by atoms with van der Waals surface area (Å²) >= 11 is 0. The fourth-order valence-corrected chi connectivity index (χ4v) is 9.30. The van der Waals surface area contributed by atoms with Gasteiger partial charge in [0.2, 0.25) is 5.91 Å². The van der Waals surface area contributed by atoms with Gasteiger partial charge in [-0.3, -0.25) is 14.6 Å². The van der Waals surface area contributed by atoms with E-state index in [1.165, 1.54) is 13.8 Å². The molecule has 18 heteroatoms. The van der Waals surface area contributed by atoms with Crippen molar-refractivity contribution in [1.82, 2.24) is 14.8 Å². The Hall–Kier alpha value is -3.41. The minimum Gasteiger partial charge on any atom is -0.389 e. The number of carbonyl (C=O) groups excluding carboxylic acids is 2. The first-order chi connectivity index (χ1) is 21.5. The van der Waals surface area contributed by atoms with Gasteiger partial charge in [0.25, 0.3) is 5.91 Å². The number of β-amino-alcohol motifs (C(OH)–C–C–N with tert-alkyl or cyclic N) is 1. The average Bonchev–Trinajstić information content (AvgIpc) is 3.49. The number of benzene rings is 1. The van der Waals surface area contributed by atoms with Gasteiger partial charge in [-0.2, -0.15) is 26.3 Å². The van der Waals surface area contributed by atoms with Gasteiger partial charge in [-0.25, -0.2) is 21.6 Å². The molecule has 2 unspecified atom stereocenters. The predicted molar refractivity (Wildman–Crippen MR) is 144 cm³/mol. The zero-order valence-electron chi connectivity index (χ0n) is 24.7. The van der Waals surface area contributed by atoms with Gasteiger partial charge in [0, 0.05) is 25.2 Å². The van der Waals surface area contributed by atoms with E-state index in [0.717, 1.165) is 28.0 Å². The van der Waals surface area contributed by atoms with Gasteiger partial charge in [-0.15, -0.1) is 0 Å². The largest absolute Gasteiger partial charge is 0.437 e. The highest BCUT2D eigenvalue weighted by Gasteiger charge is 2.75. The number of hydrogen-bond donors (Lipinski definition) is 1. The molecule has 1 aliphatic carbocycles. The Bertz CT molecular complexity index is 1700. The second-order valence-electron chi connectivity index (χ2n) is 12.5. The number of nitrogens with zero attached hydrogens (tertiary/aromatic N) is 3. The van der Waals surface area contributed by atoms with Crippen LogP contribution >= 0.6 is 0 Å². The van der Waals surface area contributed by atoms with Gasteiger partial charge in [0.15, 0.2) is 16.0 Å². The van der Waals surface area contributed by atoms with Gasteiger partial charge in [-0.05, 0) is 62.9 Å². The van der Waals surface area contributed by atoms with Crippen LogP contribution in [0.3, 0.4) is 0 Å². The van der Waals surface area contributed by atoms with Crippen LogP contribution < -0.4 is 0 Å². The Morgan fingerprint density at radius 2 is 1.70 bits per heavy atom. The number of likely N-dealkylation sites (tertiary alicyclic amines) is 2. The van der Waals surface area contributed by atoms with Crippen molar-refractivity contribution in [2.75, 3.05) is 13.1 Å². The maximum Gasteiger partial charge on any atom is 0.437 e. The van der Waals surface area contributed by atoms with Crippen molar-refractivity contribution in [3.8, 4) is 0 Å². The highest BCUT2D eigenvalue weighted by molar-refractivity contribution is 7.92. The van der Waals surface area contributed by atoms with Crippen LogP contribution in [0.1, 0.15) is 50.1 Å². The predicted octanol–water partition coefficient (Wildman–Crippen LogP) is 4.44. The maximum absolute atomic E-state index is 15.0. The van der Waals surface area contributed by atoms with Crippen LogP contribution in [0.4, 0.5) is 39.5 Å². The SMILES string of the molecule is CC(C)(O)CN1C(=O)[C@H](F)C[C@@H]1C(=O)N1CCC2(S(=O)(=O)c3cccc(F)c3)c3ccc(C(F)(C(F)(F)F)C(F)(F)F)nc3CCC12. The number of halogens is 9. The van der Waals surface area contributed by atoms with Crippen molar-refractivity contribution in [3.63, 3.8) is 0 Å². The van der Waals surface area contributed by atoms with Crippen LogP contribution in [0.15, 0.2) is 41.3 Å². The highest BCUT2D eigenvalue weighted by atomic mass is 32.2. The summed E-state index contributed by atoms with van der Waals surface area (Å²) in [7, 11) is -4.86. The summed E-state index contributed by atoms with van der Waals surface area (Å²) in [5.41, 5.74) is -10.6. The summed E-state index contributed by atoms with van der Waals surface area (Å²) in [6, 6.07) is 1.45. The normalized spacial score (nSPS) is 25.6. The molecule has 1 N–H and O–H groups in total. The Labute approximate surface area is 262 Å². The molecule has 258 valence electrons. The first-order valence-corrected chi connectivity index (χ1v) is 15.8. The van der Waals surface area contributed by atoms with E-state index < -0.39 is 135 Å². The molecular weight excluding hydrogens is 673 g/mol. The highest BCUT2D eigenvalue weighted by Crippen LogP contribution is 2.56. The molecule has 2 amide bonds. The third kappa shape index (κ3) is 5.34. The van der Waals surface area contributed by atoms with Crippen LogP contribution in [-0.4, -0.2) is 89.4 Å². The molecule has 4 atom stereocenters. The van der Waals surface area contributed by atoms with Gasteiger partial charge in [0.05, 0.1) is 22.2 Å². The summed E-state index contributed by atoms with van der Waals surface area (Å²) in [6.07, 6.45) is -17.2. The molecule has 2 aliphatic heterocycles. The molecule has 0 spiro atoms. The Balaban J connectivity index is 1.67. The van der Waals surface area contributed by atoms with Crippen molar-refractivity contribution in [2.45, 2.75) is 91.1 Å². The first kappa shape index (κ1) is 34.9. The number of aryl methyl sites for hydroxylation is 1. The van der Waals surface area contributed by atoms with Crippen molar-refractivity contribution >= 4 is 21.7 Å². The Morgan fingerprint density at radius 1 is 1.06 bits per heavy atom. The zero-order valence-corrected chi connectivity index (χ0v) is 25.5. The molecule has 0 saturated carbocycles. The molecule has 3 heterocycles. The van der Waals surface area contributed by atoms with Crippen LogP contribution in [0, 0.1) is 5.82 Å². The number of pyridine rings is 1. The summed E-state index contributed by atoms with van der Waals surface area (Å²) in [4.78, 5) is 31.2. The van der Waals surface area contributed by atoms with E-state index in [-0.39, 0.29) is 6.07 Å². The number of carbonyl (C=O) groups is 2. The molecule has 47 heavy (non-hydrogen) atoms. The lowest BCUT2D eigenvalue weighted by molar-refractivity contribution is -0.350. The lowest BCUT2D eigenvalue weighted by atomic mass is 9.80. The average molecular weight is 702 g/mol. The standard InChI is InChI=1S/C29H28F9N3O5S/c1-25(2,44)14-41-20(13-18(31)23(41)42)24(43)40-11-10-26(47(45,46)16-5-3-4-15(30)12-16)17-6-8-21(39-19(17)7-9-22(26)40)27(32,28(33,34)35)29(36,37)38/h3-6,8,12,18,20,22,44H,7,9-11,13-14H2,1-2H3/t18-,20-,22?,26?/m1/s1. The molecule has 2 fully saturated rings. The molecule has 5 rings (SSSR count). The number of fused-ring (bicyclic) bond motifs is 3. The maximum atomic E-state index is 15.0. The summed E-state index contributed by atoms with van der Waals surface area (Å²) in [5.74, 6) is -2.99. The molecule has 1 aromatic heterocycles. The lowest BCUT2D eigenvalue weighted by Crippen LogP contribution is -2.56. The van der Waals surface area contributed by atoms with E-state index >= 15 is 0 Å². The van der Waals surface area contributed by atoms with E-state index in [0.29, 0.717) is 12.1 Å². The number of sulfone groups is 1. The third-order valence-electron chi connectivity index (χ3n) is 8.93. The summed E-state index contributed by atoms with van der Waals surface area (Å²) < 4.78 is 152. The van der Waals surface area contributed by atoms with Gasteiger partial charge in [-0.1, -0.05) is 12.1 Å². The molecule has 1 aromatic carbocycles. The van der Waals surface area contributed by atoms with Gasteiger partial charge >= 0.3 is 18.0 Å². The topological polar surface area (TPSA) is 108 Å². The monoisotopic (exact) mass is 701 g/mol. The summed E-state index contributed by atoms with van der Waals surface area (Å²) in [5, 5.41) is 10.3. The van der Waals surface area contributed by atoms with Gasteiger partial charge in [0.1, 0.15) is 16.6 Å². The minimum absolute atomic E-state index is 0.0872. The fraction of sp³-hybridized carbons (Fsp3) is 0.552. The number of rotatable bonds is 6. The van der Waals surface area contributed by atoms with Gasteiger partial charge < -0.3 is 14.9 Å². The third-order valence-corrected chi connectivity index (χ3v) is 11.5. The summed E-state index contributed by atoms with van der Waals surface area (Å²) in [6.45, 7) is 1.76. The smallest absolute Gasteiger partial charge is 0.389 e. The van der Waals surface area contributed by atoms with E-state index in [1.807, 2.05) is 0 Å². The molecule has 2 aromatic rings. The van der Waals surface area contributed by atoms with Crippen molar-refractivity contribution in [3.05, 3.63) is 59.2 Å². The Morgan fingerprint density at radius 3 is 2.28 bits per heavy atom. The van der Waals surface area contributed by atoms with E-state index in [4.69, 9.17) is 0 Å². The second-order valence-corrected chi connectivity index (χ2v) is 14.7. The number of amides is 2. The molecule has 0 radical (unpaired) electrons.